The second-order valence-corrected chi connectivity index (χ2v) is 7.52. The molecule has 17 heavy (non-hydrogen) atoms. The summed E-state index contributed by atoms with van der Waals surface area (Å²) < 4.78 is 34.8. The van der Waals surface area contributed by atoms with Gasteiger partial charge in [0, 0.05) is 17.3 Å². The van der Waals surface area contributed by atoms with E-state index in [1.807, 2.05) is 6.92 Å². The molecule has 0 radical (unpaired) electrons. The summed E-state index contributed by atoms with van der Waals surface area (Å²) >= 11 is 1.61. The van der Waals surface area contributed by atoms with Gasteiger partial charge in [-0.15, -0.1) is 0 Å². The fourth-order valence-electron chi connectivity index (χ4n) is 1.47. The monoisotopic (exact) mass is 276 g/mol. The van der Waals surface area contributed by atoms with Gasteiger partial charge < -0.3 is 0 Å². The Bertz CT molecular complexity index is 440. The van der Waals surface area contributed by atoms with Crippen LogP contribution in [-0.4, -0.2) is 26.2 Å². The molecule has 0 saturated heterocycles. The van der Waals surface area contributed by atoms with Crippen LogP contribution >= 0.6 is 11.8 Å². The third-order valence-corrected chi connectivity index (χ3v) is 5.04. The standard InChI is InChI=1S/C12H17FO2S2/c1-3-12(16-8-9-17(2,14)15)10-4-6-11(13)7-5-10/h4-7,12H,3,8-9H2,1-2H3/t12-/m1/s1. The van der Waals surface area contributed by atoms with Crippen molar-refractivity contribution in [3.05, 3.63) is 35.6 Å². The minimum absolute atomic E-state index is 0.190. The highest BCUT2D eigenvalue weighted by molar-refractivity contribution is 8.00. The molecule has 0 N–H and O–H groups in total. The van der Waals surface area contributed by atoms with Gasteiger partial charge in [0.15, 0.2) is 0 Å². The van der Waals surface area contributed by atoms with Crippen LogP contribution in [0.3, 0.4) is 0 Å². The number of thioether (sulfide) groups is 1. The molecule has 0 spiro atoms. The molecule has 96 valence electrons. The highest BCUT2D eigenvalue weighted by Gasteiger charge is 2.11. The largest absolute Gasteiger partial charge is 0.229 e. The second kappa shape index (κ2) is 6.40. The van der Waals surface area contributed by atoms with Gasteiger partial charge in [-0.3, -0.25) is 0 Å². The lowest BCUT2D eigenvalue weighted by Gasteiger charge is -2.14. The van der Waals surface area contributed by atoms with Crippen molar-refractivity contribution in [1.82, 2.24) is 0 Å². The number of rotatable bonds is 6. The summed E-state index contributed by atoms with van der Waals surface area (Å²) in [7, 11) is -2.90. The Morgan fingerprint density at radius 1 is 1.29 bits per heavy atom. The Balaban J connectivity index is 2.57. The summed E-state index contributed by atoms with van der Waals surface area (Å²) in [6.45, 7) is 2.04. The van der Waals surface area contributed by atoms with Gasteiger partial charge in [0.05, 0.1) is 5.75 Å². The fourth-order valence-corrected chi connectivity index (χ4v) is 3.93. The summed E-state index contributed by atoms with van der Waals surface area (Å²) in [4.78, 5) is 0. The van der Waals surface area contributed by atoms with E-state index >= 15 is 0 Å². The number of hydrogen-bond acceptors (Lipinski definition) is 3. The summed E-state index contributed by atoms with van der Waals surface area (Å²) in [5, 5.41) is 0.234. The first-order valence-corrected chi connectivity index (χ1v) is 8.58. The molecule has 1 aromatic rings. The molecule has 1 atom stereocenters. The Kier molecular flexibility index (Phi) is 5.46. The third kappa shape index (κ3) is 5.55. The molecule has 0 bridgehead atoms. The van der Waals surface area contributed by atoms with E-state index in [-0.39, 0.29) is 16.8 Å². The first-order chi connectivity index (χ1) is 7.92. The molecule has 0 amide bonds. The second-order valence-electron chi connectivity index (χ2n) is 3.95. The number of sulfone groups is 1. The zero-order chi connectivity index (χ0) is 12.9. The van der Waals surface area contributed by atoms with Gasteiger partial charge >= 0.3 is 0 Å². The number of hydrogen-bond donors (Lipinski definition) is 0. The molecule has 0 aromatic heterocycles. The van der Waals surface area contributed by atoms with E-state index in [0.29, 0.717) is 5.75 Å². The maximum atomic E-state index is 12.8. The average Bonchev–Trinajstić information content (AvgIpc) is 2.24. The normalized spacial score (nSPS) is 13.6. The van der Waals surface area contributed by atoms with E-state index in [2.05, 4.69) is 0 Å². The van der Waals surface area contributed by atoms with Gasteiger partial charge in [-0.25, -0.2) is 12.8 Å². The molecule has 5 heteroatoms. The maximum Gasteiger partial charge on any atom is 0.148 e. The summed E-state index contributed by atoms with van der Waals surface area (Å²) in [5.41, 5.74) is 1.05. The SMILES string of the molecule is CC[C@@H](SCCS(C)(=O)=O)c1ccc(F)cc1. The lowest BCUT2D eigenvalue weighted by atomic mass is 10.1. The molecule has 2 nitrogen and oxygen atoms in total. The summed E-state index contributed by atoms with van der Waals surface area (Å²) in [6, 6.07) is 6.40. The van der Waals surface area contributed by atoms with E-state index in [9.17, 15) is 12.8 Å². The summed E-state index contributed by atoms with van der Waals surface area (Å²) in [6.07, 6.45) is 2.15. The van der Waals surface area contributed by atoms with Gasteiger partial charge in [-0.05, 0) is 24.1 Å². The Morgan fingerprint density at radius 3 is 2.35 bits per heavy atom. The Labute approximate surface area is 107 Å². The smallest absolute Gasteiger partial charge is 0.148 e. The van der Waals surface area contributed by atoms with Crippen LogP contribution in [0.2, 0.25) is 0 Å². The molecule has 1 rings (SSSR count). The van der Waals surface area contributed by atoms with Crippen LogP contribution in [0.4, 0.5) is 4.39 Å². The third-order valence-electron chi connectivity index (χ3n) is 2.39. The zero-order valence-corrected chi connectivity index (χ0v) is 11.7. The minimum atomic E-state index is -2.90. The predicted molar refractivity (Wildman–Crippen MR) is 71.6 cm³/mol. The predicted octanol–water partition coefficient (Wildman–Crippen LogP) is 3.05. The van der Waals surface area contributed by atoms with Gasteiger partial charge in [0.1, 0.15) is 15.7 Å². The molecule has 0 fully saturated rings. The van der Waals surface area contributed by atoms with Crippen molar-refractivity contribution in [1.29, 1.82) is 0 Å². The van der Waals surface area contributed by atoms with Crippen molar-refractivity contribution in [3.8, 4) is 0 Å². The average molecular weight is 276 g/mol. The van der Waals surface area contributed by atoms with E-state index in [0.717, 1.165) is 12.0 Å². The van der Waals surface area contributed by atoms with Crippen LogP contribution in [-0.2, 0) is 9.84 Å². The molecule has 0 unspecified atom stereocenters. The van der Waals surface area contributed by atoms with Crippen LogP contribution in [0.5, 0.6) is 0 Å². The van der Waals surface area contributed by atoms with Gasteiger partial charge in [0.25, 0.3) is 0 Å². The zero-order valence-electron chi connectivity index (χ0n) is 10.0. The minimum Gasteiger partial charge on any atom is -0.229 e. The molecule has 0 aliphatic heterocycles. The Hall–Kier alpha value is -0.550. The first kappa shape index (κ1) is 14.5. The van der Waals surface area contributed by atoms with Crippen molar-refractivity contribution in [3.63, 3.8) is 0 Å². The lowest BCUT2D eigenvalue weighted by Crippen LogP contribution is -2.06. The van der Waals surface area contributed by atoms with Gasteiger partial charge in [-0.2, -0.15) is 11.8 Å². The fraction of sp³-hybridized carbons (Fsp3) is 0.500. The van der Waals surface area contributed by atoms with Crippen molar-refractivity contribution in [2.45, 2.75) is 18.6 Å². The van der Waals surface area contributed by atoms with Gasteiger partial charge in [0.2, 0.25) is 0 Å². The molecular weight excluding hydrogens is 259 g/mol. The van der Waals surface area contributed by atoms with E-state index in [1.54, 1.807) is 23.9 Å². The van der Waals surface area contributed by atoms with Crippen molar-refractivity contribution in [2.75, 3.05) is 17.8 Å². The number of benzene rings is 1. The van der Waals surface area contributed by atoms with Crippen LogP contribution in [0.1, 0.15) is 24.2 Å². The molecule has 0 aliphatic carbocycles. The van der Waals surface area contributed by atoms with Crippen molar-refractivity contribution < 1.29 is 12.8 Å². The molecule has 0 heterocycles. The lowest BCUT2D eigenvalue weighted by molar-refractivity contribution is 0.603. The van der Waals surface area contributed by atoms with E-state index in [1.165, 1.54) is 18.4 Å². The maximum absolute atomic E-state index is 12.8. The first-order valence-electron chi connectivity index (χ1n) is 5.47. The highest BCUT2D eigenvalue weighted by Crippen LogP contribution is 2.31. The molecule has 0 aliphatic rings. The Morgan fingerprint density at radius 2 is 1.88 bits per heavy atom. The van der Waals surface area contributed by atoms with Crippen LogP contribution in [0.15, 0.2) is 24.3 Å². The van der Waals surface area contributed by atoms with Gasteiger partial charge in [-0.1, -0.05) is 19.1 Å². The van der Waals surface area contributed by atoms with E-state index in [4.69, 9.17) is 0 Å². The summed E-state index contributed by atoms with van der Waals surface area (Å²) in [5.74, 6) is 0.522. The number of halogens is 1. The van der Waals surface area contributed by atoms with Crippen LogP contribution in [0, 0.1) is 5.82 Å². The quantitative estimate of drug-likeness (QED) is 0.801. The highest BCUT2D eigenvalue weighted by atomic mass is 32.2. The van der Waals surface area contributed by atoms with Crippen molar-refractivity contribution in [2.24, 2.45) is 0 Å². The van der Waals surface area contributed by atoms with Crippen LogP contribution < -0.4 is 0 Å². The molecular formula is C12H17FO2S2. The molecule has 0 saturated carbocycles. The molecule has 1 aromatic carbocycles. The van der Waals surface area contributed by atoms with Crippen LogP contribution in [0.25, 0.3) is 0 Å². The van der Waals surface area contributed by atoms with E-state index < -0.39 is 9.84 Å². The van der Waals surface area contributed by atoms with Crippen molar-refractivity contribution >= 4 is 21.6 Å². The topological polar surface area (TPSA) is 34.1 Å².